The van der Waals surface area contributed by atoms with E-state index in [9.17, 15) is 10.1 Å². The number of aromatic nitrogens is 1. The number of thiocarbonyl (C=S) groups is 1. The average molecular weight is 350 g/mol. The van der Waals surface area contributed by atoms with E-state index in [-0.39, 0.29) is 16.5 Å². The van der Waals surface area contributed by atoms with Gasteiger partial charge in [-0.25, -0.2) is 0 Å². The Morgan fingerprint density at radius 2 is 2.17 bits per heavy atom. The molecule has 0 saturated heterocycles. The van der Waals surface area contributed by atoms with Crippen molar-refractivity contribution in [1.29, 1.82) is 0 Å². The number of nitrogens with one attached hydrogen (secondary N) is 2. The Balaban J connectivity index is 2.09. The van der Waals surface area contributed by atoms with Crippen molar-refractivity contribution in [3.63, 3.8) is 0 Å². The van der Waals surface area contributed by atoms with Crippen LogP contribution >= 0.6 is 23.8 Å². The van der Waals surface area contributed by atoms with Crippen molar-refractivity contribution < 1.29 is 4.92 Å². The topological polar surface area (TPSA) is 118 Å². The number of nitro groups is 1. The van der Waals surface area contributed by atoms with Gasteiger partial charge in [-0.05, 0) is 43.7 Å². The van der Waals surface area contributed by atoms with Crippen LogP contribution in [0.1, 0.15) is 18.2 Å². The van der Waals surface area contributed by atoms with Gasteiger partial charge in [0.15, 0.2) is 5.11 Å². The Labute approximate surface area is 141 Å². The van der Waals surface area contributed by atoms with E-state index in [1.165, 1.54) is 17.6 Å². The summed E-state index contributed by atoms with van der Waals surface area (Å²) in [7, 11) is 0. The highest BCUT2D eigenvalue weighted by Crippen LogP contribution is 2.23. The zero-order chi connectivity index (χ0) is 17.0. The van der Waals surface area contributed by atoms with E-state index < -0.39 is 4.92 Å². The number of para-hydroxylation sites is 2. The lowest BCUT2D eigenvalue weighted by atomic mass is 10.2. The first kappa shape index (κ1) is 16.8. The highest BCUT2D eigenvalue weighted by atomic mass is 32.1. The molecular formula is C13H14N6O2S2. The standard InChI is InChI=1S/C13H14N6O2S2/c1-7(11-8(2)18-23-12(11)14)16-17-13(22)15-9-5-3-4-6-10(9)19(20)21/h3-6H,14H2,1-2H3,(H2,15,17,22)/b16-7-. The van der Waals surface area contributed by atoms with Crippen LogP contribution in [-0.2, 0) is 0 Å². The molecule has 0 fully saturated rings. The SMILES string of the molecule is C/C(=N/NC(=S)Nc1ccccc1[N+](=O)[O-])c1c(C)nsc1N. The predicted molar refractivity (Wildman–Crippen MR) is 95.9 cm³/mol. The fraction of sp³-hybridized carbons (Fsp3) is 0.154. The van der Waals surface area contributed by atoms with Crippen LogP contribution in [0.25, 0.3) is 0 Å². The minimum atomic E-state index is -0.486. The maximum Gasteiger partial charge on any atom is 0.292 e. The number of nitro benzene ring substituents is 1. The summed E-state index contributed by atoms with van der Waals surface area (Å²) in [4.78, 5) is 10.5. The number of nitrogen functional groups attached to an aromatic ring is 1. The summed E-state index contributed by atoms with van der Waals surface area (Å²) in [6.07, 6.45) is 0. The molecule has 10 heteroatoms. The second kappa shape index (κ2) is 7.11. The lowest BCUT2D eigenvalue weighted by Crippen LogP contribution is -2.25. The Morgan fingerprint density at radius 1 is 1.48 bits per heavy atom. The molecule has 4 N–H and O–H groups in total. The molecule has 0 amide bonds. The lowest BCUT2D eigenvalue weighted by Gasteiger charge is -2.08. The van der Waals surface area contributed by atoms with Crippen LogP contribution < -0.4 is 16.5 Å². The molecule has 0 saturated carbocycles. The van der Waals surface area contributed by atoms with Crippen LogP contribution in [-0.4, -0.2) is 20.1 Å². The summed E-state index contributed by atoms with van der Waals surface area (Å²) in [6.45, 7) is 3.61. The van der Waals surface area contributed by atoms with Crippen LogP contribution in [0, 0.1) is 17.0 Å². The molecule has 0 aliphatic carbocycles. The highest BCUT2D eigenvalue weighted by Gasteiger charge is 2.14. The van der Waals surface area contributed by atoms with Crippen molar-refractivity contribution in [2.45, 2.75) is 13.8 Å². The third-order valence-corrected chi connectivity index (χ3v) is 3.88. The van der Waals surface area contributed by atoms with Gasteiger partial charge < -0.3 is 11.1 Å². The molecule has 2 rings (SSSR count). The van der Waals surface area contributed by atoms with Gasteiger partial charge in [-0.1, -0.05) is 12.1 Å². The molecule has 120 valence electrons. The average Bonchev–Trinajstić information content (AvgIpc) is 2.84. The fourth-order valence-corrected chi connectivity index (χ4v) is 2.78. The molecule has 0 spiro atoms. The summed E-state index contributed by atoms with van der Waals surface area (Å²) >= 11 is 6.30. The van der Waals surface area contributed by atoms with Crippen molar-refractivity contribution in [2.24, 2.45) is 5.10 Å². The molecule has 1 aromatic heterocycles. The Bertz CT molecular complexity index is 767. The number of hydrogen-bond acceptors (Lipinski definition) is 7. The summed E-state index contributed by atoms with van der Waals surface area (Å²) < 4.78 is 4.15. The van der Waals surface area contributed by atoms with Crippen LogP contribution in [0.2, 0.25) is 0 Å². The number of hydrogen-bond donors (Lipinski definition) is 3. The second-order valence-corrected chi connectivity index (χ2v) is 5.76. The predicted octanol–water partition coefficient (Wildman–Crippen LogP) is 2.65. The minimum absolute atomic E-state index is 0.0699. The van der Waals surface area contributed by atoms with E-state index in [0.29, 0.717) is 10.7 Å². The number of anilines is 2. The quantitative estimate of drug-likeness (QED) is 0.336. The smallest absolute Gasteiger partial charge is 0.292 e. The van der Waals surface area contributed by atoms with Crippen molar-refractivity contribution in [1.82, 2.24) is 9.80 Å². The maximum atomic E-state index is 11.0. The monoisotopic (exact) mass is 350 g/mol. The van der Waals surface area contributed by atoms with Crippen molar-refractivity contribution in [3.8, 4) is 0 Å². The van der Waals surface area contributed by atoms with Gasteiger partial charge in [0.1, 0.15) is 10.7 Å². The zero-order valence-electron chi connectivity index (χ0n) is 12.4. The summed E-state index contributed by atoms with van der Waals surface area (Å²) in [6, 6.07) is 6.21. The molecule has 0 aliphatic heterocycles. The van der Waals surface area contributed by atoms with Crippen molar-refractivity contribution >= 4 is 51.0 Å². The van der Waals surface area contributed by atoms with E-state index in [1.807, 2.05) is 6.92 Å². The Hall–Kier alpha value is -2.59. The molecule has 0 atom stereocenters. The van der Waals surface area contributed by atoms with Gasteiger partial charge >= 0.3 is 0 Å². The summed E-state index contributed by atoms with van der Waals surface area (Å²) in [5.74, 6) is 0. The molecule has 0 aliphatic rings. The van der Waals surface area contributed by atoms with Gasteiger partial charge in [0.2, 0.25) is 0 Å². The number of aryl methyl sites for hydroxylation is 1. The van der Waals surface area contributed by atoms with Crippen LogP contribution in [0.4, 0.5) is 16.4 Å². The number of hydrazone groups is 1. The van der Waals surface area contributed by atoms with Crippen LogP contribution in [0.3, 0.4) is 0 Å². The first-order valence-electron chi connectivity index (χ1n) is 6.47. The molecule has 23 heavy (non-hydrogen) atoms. The lowest BCUT2D eigenvalue weighted by molar-refractivity contribution is -0.383. The van der Waals surface area contributed by atoms with Gasteiger partial charge in [-0.15, -0.1) is 0 Å². The number of nitrogens with two attached hydrogens (primary N) is 1. The van der Waals surface area contributed by atoms with E-state index in [0.717, 1.165) is 11.3 Å². The number of nitrogens with zero attached hydrogens (tertiary/aromatic N) is 3. The zero-order valence-corrected chi connectivity index (χ0v) is 14.0. The second-order valence-electron chi connectivity index (χ2n) is 4.54. The molecule has 0 bridgehead atoms. The highest BCUT2D eigenvalue weighted by molar-refractivity contribution is 7.80. The fourth-order valence-electron chi connectivity index (χ4n) is 1.91. The van der Waals surface area contributed by atoms with E-state index in [2.05, 4.69) is 20.2 Å². The normalized spacial score (nSPS) is 11.1. The largest absolute Gasteiger partial charge is 0.389 e. The van der Waals surface area contributed by atoms with Gasteiger partial charge in [-0.3, -0.25) is 15.5 Å². The third-order valence-electron chi connectivity index (χ3n) is 2.93. The number of rotatable bonds is 4. The first-order valence-corrected chi connectivity index (χ1v) is 7.65. The van der Waals surface area contributed by atoms with E-state index in [1.54, 1.807) is 25.1 Å². The Kier molecular flexibility index (Phi) is 5.19. The molecule has 0 unspecified atom stereocenters. The molecule has 8 nitrogen and oxygen atoms in total. The molecule has 1 heterocycles. The van der Waals surface area contributed by atoms with Gasteiger partial charge in [0.25, 0.3) is 5.69 Å². The van der Waals surface area contributed by atoms with Crippen molar-refractivity contribution in [2.75, 3.05) is 11.1 Å². The van der Waals surface area contributed by atoms with Gasteiger partial charge in [0, 0.05) is 6.07 Å². The van der Waals surface area contributed by atoms with E-state index >= 15 is 0 Å². The molecule has 1 aromatic carbocycles. The van der Waals surface area contributed by atoms with Crippen molar-refractivity contribution in [3.05, 3.63) is 45.6 Å². The van der Waals surface area contributed by atoms with Crippen LogP contribution in [0.15, 0.2) is 29.4 Å². The first-order chi connectivity index (χ1) is 10.9. The van der Waals surface area contributed by atoms with E-state index in [4.69, 9.17) is 18.0 Å². The maximum absolute atomic E-state index is 11.0. The summed E-state index contributed by atoms with van der Waals surface area (Å²) in [5.41, 5.74) is 10.9. The molecular weight excluding hydrogens is 336 g/mol. The molecule has 2 aromatic rings. The third kappa shape index (κ3) is 3.99. The van der Waals surface area contributed by atoms with Gasteiger partial charge in [-0.2, -0.15) is 9.47 Å². The Morgan fingerprint density at radius 3 is 2.78 bits per heavy atom. The van der Waals surface area contributed by atoms with Gasteiger partial charge in [0.05, 0.1) is 21.9 Å². The summed E-state index contributed by atoms with van der Waals surface area (Å²) in [5, 5.41) is 18.6. The minimum Gasteiger partial charge on any atom is -0.389 e. The van der Waals surface area contributed by atoms with Crippen LogP contribution in [0.5, 0.6) is 0 Å². The number of benzene rings is 1. The molecule has 0 radical (unpaired) electrons.